The molecule has 98 valence electrons. The average molecular weight is 294 g/mol. The number of amidine groups is 1. The van der Waals surface area contributed by atoms with Crippen LogP contribution in [0.15, 0.2) is 40.5 Å². The van der Waals surface area contributed by atoms with Gasteiger partial charge in [0.2, 0.25) is 0 Å². The quantitative estimate of drug-likeness (QED) is 0.499. The van der Waals surface area contributed by atoms with E-state index in [-0.39, 0.29) is 18.2 Å². The first-order valence-electron chi connectivity index (χ1n) is 5.44. The maximum absolute atomic E-state index is 7.32. The van der Waals surface area contributed by atoms with Gasteiger partial charge in [-0.25, -0.2) is 9.97 Å². The minimum absolute atomic E-state index is 0. The van der Waals surface area contributed by atoms with Gasteiger partial charge in [-0.15, -0.1) is 12.4 Å². The summed E-state index contributed by atoms with van der Waals surface area (Å²) in [5.41, 5.74) is 7.42. The van der Waals surface area contributed by atoms with Crippen LogP contribution in [0.3, 0.4) is 0 Å². The first-order valence-corrected chi connectivity index (χ1v) is 6.26. The number of hydrogen-bond acceptors (Lipinski definition) is 5. The molecule has 2 aromatic rings. The van der Waals surface area contributed by atoms with Crippen molar-refractivity contribution in [3.63, 3.8) is 0 Å². The highest BCUT2D eigenvalue weighted by atomic mass is 35.5. The summed E-state index contributed by atoms with van der Waals surface area (Å²) in [6.45, 7) is 0. The summed E-state index contributed by atoms with van der Waals surface area (Å²) in [5, 5.41) is 11.4. The molecule has 1 aromatic heterocycles. The normalized spacial score (nSPS) is 11.6. The molecular weight excluding hydrogens is 282 g/mol. The molecule has 1 aliphatic heterocycles. The third kappa shape index (κ3) is 2.80. The zero-order valence-corrected chi connectivity index (χ0v) is 11.5. The molecule has 0 bridgehead atoms. The van der Waals surface area contributed by atoms with Crippen molar-refractivity contribution >= 4 is 41.5 Å². The second-order valence-corrected chi connectivity index (χ2v) is 5.00. The molecule has 5 nitrogen and oxygen atoms in total. The minimum Gasteiger partial charge on any atom is -0.387 e. The van der Waals surface area contributed by atoms with Crippen LogP contribution in [0.2, 0.25) is 0 Å². The van der Waals surface area contributed by atoms with Gasteiger partial charge in [-0.3, -0.25) is 5.41 Å². The monoisotopic (exact) mass is 293 g/mol. The van der Waals surface area contributed by atoms with Gasteiger partial charge >= 0.3 is 0 Å². The Kier molecular flexibility index (Phi) is 3.92. The smallest absolute Gasteiger partial charge is 0.163 e. The number of rotatable bonds is 2. The number of aromatic nitrogens is 2. The van der Waals surface area contributed by atoms with E-state index in [4.69, 9.17) is 11.1 Å². The van der Waals surface area contributed by atoms with Gasteiger partial charge in [0.1, 0.15) is 5.03 Å². The Hall–Kier alpha value is -1.79. The largest absolute Gasteiger partial charge is 0.387 e. The van der Waals surface area contributed by atoms with Gasteiger partial charge in [0, 0.05) is 23.7 Å². The first kappa shape index (κ1) is 13.6. The van der Waals surface area contributed by atoms with E-state index in [1.54, 1.807) is 24.2 Å². The number of halogens is 1. The van der Waals surface area contributed by atoms with Gasteiger partial charge in [-0.05, 0) is 17.7 Å². The SMILES string of the molecule is Cl.N=C(N)Cc1ccc2c(c1)Nc1nccnc1S2. The van der Waals surface area contributed by atoms with Crippen molar-refractivity contribution in [2.45, 2.75) is 16.3 Å². The number of anilines is 2. The van der Waals surface area contributed by atoms with Crippen molar-refractivity contribution < 1.29 is 0 Å². The number of benzene rings is 1. The molecule has 0 unspecified atom stereocenters. The molecule has 0 spiro atoms. The molecule has 0 radical (unpaired) electrons. The summed E-state index contributed by atoms with van der Waals surface area (Å²) < 4.78 is 0. The lowest BCUT2D eigenvalue weighted by molar-refractivity contribution is 1.04. The predicted molar refractivity (Wildman–Crippen MR) is 78.7 cm³/mol. The van der Waals surface area contributed by atoms with Gasteiger partial charge in [-0.2, -0.15) is 0 Å². The second-order valence-electron chi connectivity index (χ2n) is 3.97. The number of hydrogen-bond donors (Lipinski definition) is 3. The zero-order valence-electron chi connectivity index (χ0n) is 9.88. The van der Waals surface area contributed by atoms with Crippen LogP contribution in [-0.2, 0) is 6.42 Å². The molecule has 1 aromatic carbocycles. The van der Waals surface area contributed by atoms with Crippen molar-refractivity contribution in [2.24, 2.45) is 5.73 Å². The lowest BCUT2D eigenvalue weighted by atomic mass is 10.1. The molecule has 19 heavy (non-hydrogen) atoms. The van der Waals surface area contributed by atoms with E-state index < -0.39 is 0 Å². The predicted octanol–water partition coefficient (Wildman–Crippen LogP) is 2.59. The second kappa shape index (κ2) is 5.46. The topological polar surface area (TPSA) is 87.7 Å². The fraction of sp³-hybridized carbons (Fsp3) is 0.0833. The summed E-state index contributed by atoms with van der Waals surface area (Å²) >= 11 is 1.59. The molecule has 0 atom stereocenters. The zero-order chi connectivity index (χ0) is 12.5. The van der Waals surface area contributed by atoms with Crippen LogP contribution in [0.25, 0.3) is 0 Å². The van der Waals surface area contributed by atoms with Gasteiger partial charge in [0.05, 0.1) is 11.5 Å². The highest BCUT2D eigenvalue weighted by Gasteiger charge is 2.17. The standard InChI is InChI=1S/C12H11N5S.ClH/c13-10(14)6-7-1-2-9-8(5-7)17-11-12(18-9)16-4-3-15-11;/h1-5H,6H2,(H3,13,14)(H,15,17);1H. The van der Waals surface area contributed by atoms with Crippen molar-refractivity contribution in [1.82, 2.24) is 9.97 Å². The number of nitrogens with two attached hydrogens (primary N) is 1. The van der Waals surface area contributed by atoms with Crippen LogP contribution in [-0.4, -0.2) is 15.8 Å². The molecule has 4 N–H and O–H groups in total. The van der Waals surface area contributed by atoms with Gasteiger partial charge in [-0.1, -0.05) is 17.8 Å². The molecule has 1 aliphatic rings. The molecule has 0 saturated carbocycles. The Morgan fingerprint density at radius 3 is 2.89 bits per heavy atom. The van der Waals surface area contributed by atoms with E-state index >= 15 is 0 Å². The summed E-state index contributed by atoms with van der Waals surface area (Å²) in [6.07, 6.45) is 3.81. The molecule has 2 heterocycles. The Morgan fingerprint density at radius 1 is 1.32 bits per heavy atom. The highest BCUT2D eigenvalue weighted by molar-refractivity contribution is 7.99. The molecule has 0 amide bonds. The van der Waals surface area contributed by atoms with Crippen LogP contribution in [0, 0.1) is 5.41 Å². The Morgan fingerprint density at radius 2 is 2.11 bits per heavy atom. The summed E-state index contributed by atoms with van der Waals surface area (Å²) in [6, 6.07) is 6.00. The van der Waals surface area contributed by atoms with Crippen molar-refractivity contribution in [3.05, 3.63) is 36.2 Å². The number of nitrogens with zero attached hydrogens (tertiary/aromatic N) is 2. The van der Waals surface area contributed by atoms with Crippen molar-refractivity contribution in [2.75, 3.05) is 5.32 Å². The fourth-order valence-corrected chi connectivity index (χ4v) is 2.69. The van der Waals surface area contributed by atoms with Crippen molar-refractivity contribution in [1.29, 1.82) is 5.41 Å². The third-order valence-corrected chi connectivity index (χ3v) is 3.63. The van der Waals surface area contributed by atoms with Gasteiger partial charge in [0.25, 0.3) is 0 Å². The maximum atomic E-state index is 7.32. The van der Waals surface area contributed by atoms with E-state index in [2.05, 4.69) is 15.3 Å². The number of fused-ring (bicyclic) bond motifs is 2. The summed E-state index contributed by atoms with van der Waals surface area (Å²) in [4.78, 5) is 9.63. The van der Waals surface area contributed by atoms with Gasteiger partial charge in [0.15, 0.2) is 5.82 Å². The lowest BCUT2D eigenvalue weighted by Gasteiger charge is -2.19. The molecular formula is C12H12ClN5S. The lowest BCUT2D eigenvalue weighted by Crippen LogP contribution is -2.13. The van der Waals surface area contributed by atoms with Crippen LogP contribution >= 0.6 is 24.2 Å². The minimum atomic E-state index is 0. The molecule has 7 heteroatoms. The van der Waals surface area contributed by atoms with E-state index in [9.17, 15) is 0 Å². The molecule has 0 aliphatic carbocycles. The third-order valence-electron chi connectivity index (χ3n) is 2.56. The van der Waals surface area contributed by atoms with E-state index in [0.29, 0.717) is 6.42 Å². The number of nitrogens with one attached hydrogen (secondary N) is 2. The Bertz CT molecular complexity index is 631. The van der Waals surface area contributed by atoms with Crippen LogP contribution in [0.4, 0.5) is 11.5 Å². The molecule has 3 rings (SSSR count). The highest BCUT2D eigenvalue weighted by Crippen LogP contribution is 2.41. The van der Waals surface area contributed by atoms with E-state index in [1.165, 1.54) is 0 Å². The van der Waals surface area contributed by atoms with Gasteiger partial charge < -0.3 is 11.1 Å². The Balaban J connectivity index is 0.00000133. The van der Waals surface area contributed by atoms with Crippen LogP contribution in [0.5, 0.6) is 0 Å². The van der Waals surface area contributed by atoms with E-state index in [1.807, 2.05) is 18.2 Å². The summed E-state index contributed by atoms with van der Waals surface area (Å²) in [7, 11) is 0. The summed E-state index contributed by atoms with van der Waals surface area (Å²) in [5.74, 6) is 0.938. The fourth-order valence-electron chi connectivity index (χ4n) is 1.81. The van der Waals surface area contributed by atoms with Crippen molar-refractivity contribution in [3.8, 4) is 0 Å². The van der Waals surface area contributed by atoms with Crippen LogP contribution in [0.1, 0.15) is 5.56 Å². The maximum Gasteiger partial charge on any atom is 0.163 e. The van der Waals surface area contributed by atoms with E-state index in [0.717, 1.165) is 27.0 Å². The average Bonchev–Trinajstić information content (AvgIpc) is 2.35. The van der Waals surface area contributed by atoms with Crippen LogP contribution < -0.4 is 11.1 Å². The molecule has 0 fully saturated rings. The Labute approximate surface area is 121 Å². The first-order chi connectivity index (χ1) is 8.72. The molecule has 0 saturated heterocycles.